The summed E-state index contributed by atoms with van der Waals surface area (Å²) in [5.74, 6) is -0.0382. The van der Waals surface area contributed by atoms with Gasteiger partial charge in [0.25, 0.3) is 5.91 Å². The maximum atomic E-state index is 12.4. The Labute approximate surface area is 112 Å². The van der Waals surface area contributed by atoms with Crippen LogP contribution >= 0.6 is 0 Å². The van der Waals surface area contributed by atoms with E-state index in [9.17, 15) is 9.59 Å². The molecule has 1 aromatic rings. The first-order valence-corrected chi connectivity index (χ1v) is 6.48. The van der Waals surface area contributed by atoms with E-state index in [4.69, 9.17) is 4.42 Å². The van der Waals surface area contributed by atoms with Crippen LogP contribution in [-0.4, -0.2) is 48.9 Å². The molecule has 1 atom stereocenters. The number of piperazine rings is 1. The molecule has 6 nitrogen and oxygen atoms in total. The Kier molecular flexibility index (Phi) is 4.21. The number of hydrogen-bond acceptors (Lipinski definition) is 4. The highest BCUT2D eigenvalue weighted by molar-refractivity contribution is 5.96. The second-order valence-corrected chi connectivity index (χ2v) is 4.55. The van der Waals surface area contributed by atoms with Gasteiger partial charge in [0.05, 0.1) is 6.26 Å². The summed E-state index contributed by atoms with van der Waals surface area (Å²) in [7, 11) is 0. The molecule has 2 N–H and O–H groups in total. The summed E-state index contributed by atoms with van der Waals surface area (Å²) in [5.41, 5.74) is 0.790. The largest absolute Gasteiger partial charge is 0.459 e. The number of amides is 2. The van der Waals surface area contributed by atoms with Crippen LogP contribution in [0.15, 0.2) is 16.7 Å². The van der Waals surface area contributed by atoms with Crippen molar-refractivity contribution in [3.8, 4) is 0 Å². The number of likely N-dealkylation sites (N-methyl/N-ethyl adjacent to an activating group) is 1. The number of aryl methyl sites for hydroxylation is 1. The first-order valence-electron chi connectivity index (χ1n) is 6.48. The van der Waals surface area contributed by atoms with Crippen LogP contribution in [0.5, 0.6) is 0 Å². The first-order chi connectivity index (χ1) is 9.15. The third-order valence-corrected chi connectivity index (χ3v) is 3.21. The molecule has 1 unspecified atom stereocenters. The quantitative estimate of drug-likeness (QED) is 0.815. The van der Waals surface area contributed by atoms with Crippen molar-refractivity contribution < 1.29 is 14.0 Å². The van der Waals surface area contributed by atoms with Gasteiger partial charge in [-0.3, -0.25) is 9.59 Å². The molecule has 0 aliphatic carbocycles. The highest BCUT2D eigenvalue weighted by Crippen LogP contribution is 2.15. The average Bonchev–Trinajstić information content (AvgIpc) is 2.84. The number of carbonyl (C=O) groups is 2. The summed E-state index contributed by atoms with van der Waals surface area (Å²) in [6, 6.07) is 1.27. The van der Waals surface area contributed by atoms with E-state index in [1.165, 1.54) is 6.26 Å². The topological polar surface area (TPSA) is 74.6 Å². The number of furan rings is 1. The lowest BCUT2D eigenvalue weighted by molar-refractivity contribution is -0.126. The molecule has 0 bridgehead atoms. The summed E-state index contributed by atoms with van der Waals surface area (Å²) in [6.07, 6.45) is 1.49. The number of hydrogen-bond donors (Lipinski definition) is 2. The summed E-state index contributed by atoms with van der Waals surface area (Å²) in [6.45, 7) is 5.88. The molecule has 1 fully saturated rings. The zero-order valence-electron chi connectivity index (χ0n) is 11.2. The first kappa shape index (κ1) is 13.6. The Morgan fingerprint density at radius 1 is 1.58 bits per heavy atom. The lowest BCUT2D eigenvalue weighted by Gasteiger charge is -2.34. The predicted octanol–water partition coefficient (Wildman–Crippen LogP) is 0.138. The highest BCUT2D eigenvalue weighted by atomic mass is 16.3. The van der Waals surface area contributed by atoms with E-state index in [1.54, 1.807) is 11.0 Å². The van der Waals surface area contributed by atoms with E-state index in [0.29, 0.717) is 31.9 Å². The van der Waals surface area contributed by atoms with Crippen LogP contribution in [0, 0.1) is 6.92 Å². The van der Waals surface area contributed by atoms with E-state index in [2.05, 4.69) is 10.6 Å². The van der Waals surface area contributed by atoms with Crippen molar-refractivity contribution in [3.63, 3.8) is 0 Å². The van der Waals surface area contributed by atoms with Gasteiger partial charge in [0.2, 0.25) is 5.91 Å². The summed E-state index contributed by atoms with van der Waals surface area (Å²) >= 11 is 0. The smallest absolute Gasteiger partial charge is 0.290 e. The molecular weight excluding hydrogens is 246 g/mol. The second-order valence-electron chi connectivity index (χ2n) is 4.55. The third kappa shape index (κ3) is 2.78. The Morgan fingerprint density at radius 2 is 2.37 bits per heavy atom. The van der Waals surface area contributed by atoms with Crippen LogP contribution in [0.1, 0.15) is 23.0 Å². The van der Waals surface area contributed by atoms with Gasteiger partial charge in [-0.1, -0.05) is 0 Å². The second kappa shape index (κ2) is 5.88. The molecule has 2 heterocycles. The molecule has 0 radical (unpaired) electrons. The van der Waals surface area contributed by atoms with Crippen molar-refractivity contribution in [2.24, 2.45) is 0 Å². The fraction of sp³-hybridized carbons (Fsp3) is 0.538. The number of carbonyl (C=O) groups excluding carboxylic acids is 2. The molecule has 19 heavy (non-hydrogen) atoms. The van der Waals surface area contributed by atoms with Crippen LogP contribution in [0.4, 0.5) is 0 Å². The molecule has 104 valence electrons. The molecule has 1 aromatic heterocycles. The van der Waals surface area contributed by atoms with Crippen molar-refractivity contribution in [3.05, 3.63) is 23.7 Å². The lowest BCUT2D eigenvalue weighted by Crippen LogP contribution is -2.59. The summed E-state index contributed by atoms with van der Waals surface area (Å²) in [4.78, 5) is 26.0. The maximum Gasteiger partial charge on any atom is 0.290 e. The molecule has 2 rings (SSSR count). The zero-order valence-corrected chi connectivity index (χ0v) is 11.2. The van der Waals surface area contributed by atoms with Crippen molar-refractivity contribution >= 4 is 11.8 Å². The summed E-state index contributed by atoms with van der Waals surface area (Å²) in [5, 5.41) is 5.89. The SMILES string of the molecule is CCNC(=O)C1CNCCN1C(=O)c1occc1C. The summed E-state index contributed by atoms with van der Waals surface area (Å²) < 4.78 is 5.22. The van der Waals surface area contributed by atoms with Gasteiger partial charge in [-0.05, 0) is 19.9 Å². The Bertz CT molecular complexity index is 469. The molecule has 6 heteroatoms. The maximum absolute atomic E-state index is 12.4. The number of rotatable bonds is 3. The van der Waals surface area contributed by atoms with E-state index in [1.807, 2.05) is 13.8 Å². The van der Waals surface area contributed by atoms with Crippen LogP contribution < -0.4 is 10.6 Å². The van der Waals surface area contributed by atoms with Crippen molar-refractivity contribution in [2.45, 2.75) is 19.9 Å². The molecule has 0 saturated carbocycles. The molecule has 1 aliphatic heterocycles. The third-order valence-electron chi connectivity index (χ3n) is 3.21. The van der Waals surface area contributed by atoms with E-state index in [0.717, 1.165) is 5.56 Å². The molecular formula is C13H19N3O3. The van der Waals surface area contributed by atoms with Crippen LogP contribution in [0.25, 0.3) is 0 Å². The van der Waals surface area contributed by atoms with Gasteiger partial charge in [0, 0.05) is 31.7 Å². The van der Waals surface area contributed by atoms with Crippen molar-refractivity contribution in [2.75, 3.05) is 26.2 Å². The van der Waals surface area contributed by atoms with E-state index in [-0.39, 0.29) is 11.8 Å². The minimum absolute atomic E-state index is 0.132. The number of nitrogens with one attached hydrogen (secondary N) is 2. The van der Waals surface area contributed by atoms with Crippen LogP contribution in [0.2, 0.25) is 0 Å². The van der Waals surface area contributed by atoms with Crippen LogP contribution in [0.3, 0.4) is 0 Å². The van der Waals surface area contributed by atoms with Gasteiger partial charge in [-0.25, -0.2) is 0 Å². The Morgan fingerprint density at radius 3 is 3.00 bits per heavy atom. The van der Waals surface area contributed by atoms with Gasteiger partial charge < -0.3 is 20.0 Å². The lowest BCUT2D eigenvalue weighted by atomic mass is 10.1. The molecule has 0 spiro atoms. The van der Waals surface area contributed by atoms with Crippen molar-refractivity contribution in [1.29, 1.82) is 0 Å². The minimum Gasteiger partial charge on any atom is -0.459 e. The zero-order chi connectivity index (χ0) is 13.8. The standard InChI is InChI=1S/C13H19N3O3/c1-3-15-12(17)10-8-14-5-6-16(10)13(18)11-9(2)4-7-19-11/h4,7,10,14H,3,5-6,8H2,1-2H3,(H,15,17). The monoisotopic (exact) mass is 265 g/mol. The fourth-order valence-corrected chi connectivity index (χ4v) is 2.20. The van der Waals surface area contributed by atoms with Gasteiger partial charge in [0.1, 0.15) is 6.04 Å². The Balaban J connectivity index is 2.18. The normalized spacial score (nSPS) is 19.3. The van der Waals surface area contributed by atoms with Gasteiger partial charge in [0.15, 0.2) is 5.76 Å². The van der Waals surface area contributed by atoms with E-state index >= 15 is 0 Å². The molecule has 1 saturated heterocycles. The minimum atomic E-state index is -0.481. The van der Waals surface area contributed by atoms with Crippen molar-refractivity contribution in [1.82, 2.24) is 15.5 Å². The molecule has 1 aliphatic rings. The van der Waals surface area contributed by atoms with Gasteiger partial charge in [-0.2, -0.15) is 0 Å². The predicted molar refractivity (Wildman–Crippen MR) is 69.8 cm³/mol. The highest BCUT2D eigenvalue weighted by Gasteiger charge is 2.33. The molecule has 0 aromatic carbocycles. The van der Waals surface area contributed by atoms with E-state index < -0.39 is 6.04 Å². The number of nitrogens with zero attached hydrogens (tertiary/aromatic N) is 1. The molecule has 2 amide bonds. The van der Waals surface area contributed by atoms with Crippen LogP contribution in [-0.2, 0) is 4.79 Å². The van der Waals surface area contributed by atoms with Gasteiger partial charge in [-0.15, -0.1) is 0 Å². The van der Waals surface area contributed by atoms with Gasteiger partial charge >= 0.3 is 0 Å². The Hall–Kier alpha value is -1.82. The average molecular weight is 265 g/mol. The fourth-order valence-electron chi connectivity index (χ4n) is 2.20.